The zero-order chi connectivity index (χ0) is 9.40. The summed E-state index contributed by atoms with van der Waals surface area (Å²) < 4.78 is 5.11. The van der Waals surface area contributed by atoms with Crippen LogP contribution in [0.5, 0.6) is 0 Å². The Morgan fingerprint density at radius 3 is 2.58 bits per heavy atom. The lowest BCUT2D eigenvalue weighted by atomic mass is 10.1. The number of methoxy groups -OCH3 is 1. The van der Waals surface area contributed by atoms with Crippen LogP contribution in [0.4, 0.5) is 0 Å². The second-order valence-electron chi connectivity index (χ2n) is 3.01. The summed E-state index contributed by atoms with van der Waals surface area (Å²) in [7, 11) is 1.72. The number of hydrogen-bond acceptors (Lipinski definition) is 2. The Labute approximate surface area is 75.5 Å². The molecule has 70 valence electrons. The van der Waals surface area contributed by atoms with E-state index in [9.17, 15) is 0 Å². The summed E-state index contributed by atoms with van der Waals surface area (Å²) in [5.74, 6) is 5.81. The van der Waals surface area contributed by atoms with E-state index in [0.29, 0.717) is 6.10 Å². The van der Waals surface area contributed by atoms with Crippen LogP contribution in [-0.4, -0.2) is 19.3 Å². The molecule has 0 aromatic carbocycles. The van der Waals surface area contributed by atoms with Gasteiger partial charge < -0.3 is 10.5 Å². The first-order chi connectivity index (χ1) is 5.70. The lowest BCUT2D eigenvalue weighted by Gasteiger charge is -2.12. The van der Waals surface area contributed by atoms with Crippen LogP contribution < -0.4 is 5.73 Å². The fraction of sp³-hybridized carbons (Fsp3) is 0.800. The van der Waals surface area contributed by atoms with E-state index < -0.39 is 0 Å². The number of nitrogens with two attached hydrogens (primary N) is 1. The van der Waals surface area contributed by atoms with Crippen LogP contribution in [0.2, 0.25) is 0 Å². The summed E-state index contributed by atoms with van der Waals surface area (Å²) in [6, 6.07) is 0.204. The van der Waals surface area contributed by atoms with Crippen LogP contribution in [0.1, 0.15) is 33.1 Å². The van der Waals surface area contributed by atoms with Crippen molar-refractivity contribution >= 4 is 0 Å². The van der Waals surface area contributed by atoms with Gasteiger partial charge in [0.2, 0.25) is 0 Å². The van der Waals surface area contributed by atoms with Crippen molar-refractivity contribution in [1.29, 1.82) is 0 Å². The highest BCUT2D eigenvalue weighted by Gasteiger charge is 2.04. The van der Waals surface area contributed by atoms with Gasteiger partial charge in [0, 0.05) is 19.6 Å². The molecule has 0 aromatic rings. The molecule has 0 saturated carbocycles. The van der Waals surface area contributed by atoms with Crippen molar-refractivity contribution in [2.75, 3.05) is 7.11 Å². The summed E-state index contributed by atoms with van der Waals surface area (Å²) in [6.07, 6.45) is 3.12. The summed E-state index contributed by atoms with van der Waals surface area (Å²) in [6.45, 7) is 3.89. The second-order valence-corrected chi connectivity index (χ2v) is 3.01. The van der Waals surface area contributed by atoms with E-state index >= 15 is 0 Å². The maximum Gasteiger partial charge on any atom is 0.0543 e. The van der Waals surface area contributed by atoms with Crippen molar-refractivity contribution in [3.8, 4) is 11.8 Å². The summed E-state index contributed by atoms with van der Waals surface area (Å²) in [5, 5.41) is 0. The maximum absolute atomic E-state index is 5.80. The largest absolute Gasteiger partial charge is 0.382 e. The molecule has 0 rings (SSSR count). The van der Waals surface area contributed by atoms with Crippen molar-refractivity contribution in [3.63, 3.8) is 0 Å². The first-order valence-corrected chi connectivity index (χ1v) is 4.38. The van der Waals surface area contributed by atoms with Crippen LogP contribution in [0.3, 0.4) is 0 Å². The molecule has 0 radical (unpaired) electrons. The molecule has 0 aliphatic rings. The normalized spacial score (nSPS) is 14.7. The second kappa shape index (κ2) is 7.15. The minimum atomic E-state index is 0.204. The van der Waals surface area contributed by atoms with E-state index in [-0.39, 0.29) is 6.04 Å². The molecule has 2 unspecified atom stereocenters. The Hall–Kier alpha value is -0.520. The van der Waals surface area contributed by atoms with Crippen LogP contribution in [-0.2, 0) is 4.74 Å². The molecule has 0 fully saturated rings. The number of rotatable bonds is 5. The molecule has 0 heterocycles. The molecule has 0 saturated heterocycles. The average molecular weight is 169 g/mol. The van der Waals surface area contributed by atoms with Gasteiger partial charge in [-0.15, -0.1) is 11.8 Å². The molecule has 0 spiro atoms. The smallest absolute Gasteiger partial charge is 0.0543 e. The predicted molar refractivity (Wildman–Crippen MR) is 51.7 cm³/mol. The van der Waals surface area contributed by atoms with Crippen molar-refractivity contribution in [2.45, 2.75) is 45.3 Å². The zero-order valence-electron chi connectivity index (χ0n) is 8.26. The standard InChI is InChI=1S/C10H19NO/c1-4-5-6-10(11)8-7-9(2)12-3/h9-10H,6-8,11H2,1-3H3. The molecule has 2 atom stereocenters. The number of ether oxygens (including phenoxy) is 1. The molecule has 0 aliphatic heterocycles. The lowest BCUT2D eigenvalue weighted by molar-refractivity contribution is 0.107. The first-order valence-electron chi connectivity index (χ1n) is 4.38. The van der Waals surface area contributed by atoms with Gasteiger partial charge in [-0.05, 0) is 26.7 Å². The zero-order valence-corrected chi connectivity index (χ0v) is 8.26. The van der Waals surface area contributed by atoms with Crippen LogP contribution in [0.15, 0.2) is 0 Å². The maximum atomic E-state index is 5.80. The van der Waals surface area contributed by atoms with Crippen molar-refractivity contribution < 1.29 is 4.74 Å². The summed E-state index contributed by atoms with van der Waals surface area (Å²) >= 11 is 0. The molecule has 2 nitrogen and oxygen atoms in total. The minimum absolute atomic E-state index is 0.204. The van der Waals surface area contributed by atoms with Gasteiger partial charge in [0.05, 0.1) is 6.10 Å². The fourth-order valence-electron chi connectivity index (χ4n) is 0.902. The molecule has 12 heavy (non-hydrogen) atoms. The predicted octanol–water partition coefficient (Wildman–Crippen LogP) is 1.54. The highest BCUT2D eigenvalue weighted by Crippen LogP contribution is 2.04. The third kappa shape index (κ3) is 6.21. The number of hydrogen-bond donors (Lipinski definition) is 1. The minimum Gasteiger partial charge on any atom is -0.382 e. The molecule has 0 bridgehead atoms. The fourth-order valence-corrected chi connectivity index (χ4v) is 0.902. The summed E-state index contributed by atoms with van der Waals surface area (Å²) in [5.41, 5.74) is 5.80. The van der Waals surface area contributed by atoms with Gasteiger partial charge in [0.1, 0.15) is 0 Å². The van der Waals surface area contributed by atoms with Crippen molar-refractivity contribution in [1.82, 2.24) is 0 Å². The van der Waals surface area contributed by atoms with Gasteiger partial charge in [-0.3, -0.25) is 0 Å². The average Bonchev–Trinajstić information content (AvgIpc) is 2.10. The van der Waals surface area contributed by atoms with E-state index in [1.807, 2.05) is 6.92 Å². The van der Waals surface area contributed by atoms with Crippen LogP contribution in [0.25, 0.3) is 0 Å². The molecular weight excluding hydrogens is 150 g/mol. The van der Waals surface area contributed by atoms with Crippen LogP contribution in [0, 0.1) is 11.8 Å². The SMILES string of the molecule is CC#CCC(N)CCC(C)OC. The lowest BCUT2D eigenvalue weighted by Crippen LogP contribution is -2.21. The van der Waals surface area contributed by atoms with Gasteiger partial charge >= 0.3 is 0 Å². The Morgan fingerprint density at radius 1 is 1.42 bits per heavy atom. The van der Waals surface area contributed by atoms with E-state index in [2.05, 4.69) is 18.8 Å². The molecule has 0 aliphatic carbocycles. The van der Waals surface area contributed by atoms with Crippen molar-refractivity contribution in [2.24, 2.45) is 5.73 Å². The first kappa shape index (κ1) is 11.5. The van der Waals surface area contributed by atoms with E-state index in [0.717, 1.165) is 19.3 Å². The van der Waals surface area contributed by atoms with Gasteiger partial charge in [-0.2, -0.15) is 0 Å². The highest BCUT2D eigenvalue weighted by atomic mass is 16.5. The molecule has 2 N–H and O–H groups in total. The highest BCUT2D eigenvalue weighted by molar-refractivity contribution is 4.97. The third-order valence-electron chi connectivity index (χ3n) is 1.89. The molecular formula is C10H19NO. The van der Waals surface area contributed by atoms with Crippen molar-refractivity contribution in [3.05, 3.63) is 0 Å². The quantitative estimate of drug-likeness (QED) is 0.634. The van der Waals surface area contributed by atoms with Gasteiger partial charge in [-0.1, -0.05) is 0 Å². The van der Waals surface area contributed by atoms with Gasteiger partial charge in [0.15, 0.2) is 0 Å². The van der Waals surface area contributed by atoms with E-state index in [1.54, 1.807) is 7.11 Å². The molecule has 0 amide bonds. The molecule has 0 aromatic heterocycles. The molecule has 2 heteroatoms. The Morgan fingerprint density at radius 2 is 2.08 bits per heavy atom. The Bertz CT molecular complexity index is 157. The Kier molecular flexibility index (Phi) is 6.84. The van der Waals surface area contributed by atoms with E-state index in [1.165, 1.54) is 0 Å². The van der Waals surface area contributed by atoms with E-state index in [4.69, 9.17) is 10.5 Å². The third-order valence-corrected chi connectivity index (χ3v) is 1.89. The Balaban J connectivity index is 3.40. The van der Waals surface area contributed by atoms with Gasteiger partial charge in [-0.25, -0.2) is 0 Å². The van der Waals surface area contributed by atoms with Crippen LogP contribution >= 0.6 is 0 Å². The summed E-state index contributed by atoms with van der Waals surface area (Å²) in [4.78, 5) is 0. The van der Waals surface area contributed by atoms with Gasteiger partial charge in [0.25, 0.3) is 0 Å². The topological polar surface area (TPSA) is 35.2 Å². The monoisotopic (exact) mass is 169 g/mol.